The van der Waals surface area contributed by atoms with Gasteiger partial charge in [-0.1, -0.05) is 15.9 Å². The Morgan fingerprint density at radius 2 is 2.00 bits per heavy atom. The molecule has 0 aliphatic heterocycles. The second-order valence-corrected chi connectivity index (χ2v) is 6.69. The van der Waals surface area contributed by atoms with Gasteiger partial charge in [0.15, 0.2) is 9.84 Å². The van der Waals surface area contributed by atoms with Crippen molar-refractivity contribution in [3.8, 4) is 0 Å². The molecule has 0 saturated carbocycles. The first-order valence-corrected chi connectivity index (χ1v) is 7.36. The van der Waals surface area contributed by atoms with E-state index >= 15 is 0 Å². The van der Waals surface area contributed by atoms with E-state index in [-0.39, 0.29) is 0 Å². The summed E-state index contributed by atoms with van der Waals surface area (Å²) in [5, 5.41) is 2.53. The van der Waals surface area contributed by atoms with Gasteiger partial charge in [0, 0.05) is 16.4 Å². The van der Waals surface area contributed by atoms with E-state index in [4.69, 9.17) is 0 Å². The lowest BCUT2D eigenvalue weighted by Gasteiger charge is -2.06. The molecule has 0 bridgehead atoms. The molecule has 0 aromatic heterocycles. The number of aryl methyl sites for hydroxylation is 1. The molecule has 0 aliphatic carbocycles. The number of carbonyl (C=O) groups is 1. The topological polar surface area (TPSA) is 63.2 Å². The monoisotopic (exact) mass is 305 g/mol. The second kappa shape index (κ2) is 4.97. The molecule has 0 saturated heterocycles. The number of hydrogen-bond donors (Lipinski definition) is 1. The quantitative estimate of drug-likeness (QED) is 0.925. The highest BCUT2D eigenvalue weighted by Crippen LogP contribution is 2.18. The summed E-state index contributed by atoms with van der Waals surface area (Å²) in [5.74, 6) is -1.03. The van der Waals surface area contributed by atoms with Gasteiger partial charge in [-0.25, -0.2) is 8.42 Å². The molecule has 1 amide bonds. The fraction of sp³-hybridized carbons (Fsp3) is 0.300. The second-order valence-electron chi connectivity index (χ2n) is 3.64. The van der Waals surface area contributed by atoms with Crippen molar-refractivity contribution in [2.45, 2.75) is 6.92 Å². The fourth-order valence-corrected chi connectivity index (χ4v) is 2.40. The average molecular weight is 306 g/mol. The number of rotatable bonds is 3. The van der Waals surface area contributed by atoms with E-state index < -0.39 is 21.5 Å². The molecule has 1 N–H and O–H groups in total. The Labute approximate surface area is 103 Å². The molecule has 0 radical (unpaired) electrons. The van der Waals surface area contributed by atoms with E-state index in [1.54, 1.807) is 12.1 Å². The summed E-state index contributed by atoms with van der Waals surface area (Å²) < 4.78 is 22.6. The van der Waals surface area contributed by atoms with Crippen molar-refractivity contribution >= 4 is 37.4 Å². The minimum atomic E-state index is -3.29. The smallest absolute Gasteiger partial charge is 0.239 e. The van der Waals surface area contributed by atoms with E-state index in [0.717, 1.165) is 16.3 Å². The molecule has 6 heteroatoms. The Morgan fingerprint density at radius 3 is 2.50 bits per heavy atom. The number of amides is 1. The summed E-state index contributed by atoms with van der Waals surface area (Å²) in [6, 6.07) is 5.38. The summed E-state index contributed by atoms with van der Waals surface area (Å²) in [7, 11) is -3.29. The molecule has 0 unspecified atom stereocenters. The van der Waals surface area contributed by atoms with E-state index in [1.807, 2.05) is 13.0 Å². The van der Waals surface area contributed by atoms with Crippen molar-refractivity contribution in [3.05, 3.63) is 28.2 Å². The zero-order chi connectivity index (χ0) is 12.3. The Hall–Kier alpha value is -0.880. The lowest BCUT2D eigenvalue weighted by atomic mass is 10.2. The molecular formula is C10H12BrNO3S. The Bertz CT molecular complexity index is 491. The summed E-state index contributed by atoms with van der Waals surface area (Å²) in [6.07, 6.45) is 1.03. The maximum absolute atomic E-state index is 11.3. The zero-order valence-corrected chi connectivity index (χ0v) is 11.4. The Balaban J connectivity index is 2.77. The van der Waals surface area contributed by atoms with E-state index in [9.17, 15) is 13.2 Å². The molecule has 0 spiro atoms. The third kappa shape index (κ3) is 4.76. The van der Waals surface area contributed by atoms with E-state index in [0.29, 0.717) is 5.69 Å². The first-order chi connectivity index (χ1) is 7.26. The van der Waals surface area contributed by atoms with Crippen LogP contribution in [0.4, 0.5) is 5.69 Å². The molecule has 88 valence electrons. The van der Waals surface area contributed by atoms with Gasteiger partial charge in [0.2, 0.25) is 5.91 Å². The molecule has 1 rings (SSSR count). The van der Waals surface area contributed by atoms with Gasteiger partial charge in [0.25, 0.3) is 0 Å². The first-order valence-electron chi connectivity index (χ1n) is 4.51. The van der Waals surface area contributed by atoms with Gasteiger partial charge in [-0.2, -0.15) is 0 Å². The standard InChI is InChI=1S/C10H12BrNO3S/c1-7-3-8(11)5-9(4-7)12-10(13)6-16(2,14)15/h3-5H,6H2,1-2H3,(H,12,13). The van der Waals surface area contributed by atoms with Gasteiger partial charge in [0.1, 0.15) is 5.75 Å². The molecule has 16 heavy (non-hydrogen) atoms. The van der Waals surface area contributed by atoms with Crippen LogP contribution in [0, 0.1) is 6.92 Å². The highest BCUT2D eigenvalue weighted by atomic mass is 79.9. The third-order valence-corrected chi connectivity index (χ3v) is 2.96. The number of anilines is 1. The molecule has 0 heterocycles. The predicted molar refractivity (Wildman–Crippen MR) is 67.2 cm³/mol. The predicted octanol–water partition coefficient (Wildman–Crippen LogP) is 1.74. The zero-order valence-electron chi connectivity index (χ0n) is 8.95. The molecular weight excluding hydrogens is 294 g/mol. The van der Waals surface area contributed by atoms with Crippen molar-refractivity contribution in [1.82, 2.24) is 0 Å². The SMILES string of the molecule is Cc1cc(Br)cc(NC(=O)CS(C)(=O)=O)c1. The number of halogens is 1. The van der Waals surface area contributed by atoms with Crippen LogP contribution < -0.4 is 5.32 Å². The fourth-order valence-electron chi connectivity index (χ4n) is 1.24. The normalized spacial score (nSPS) is 11.2. The minimum Gasteiger partial charge on any atom is -0.325 e. The van der Waals surface area contributed by atoms with Crippen molar-refractivity contribution < 1.29 is 13.2 Å². The number of hydrogen-bond acceptors (Lipinski definition) is 3. The summed E-state index contributed by atoms with van der Waals surface area (Å²) in [4.78, 5) is 11.3. The van der Waals surface area contributed by atoms with Gasteiger partial charge < -0.3 is 5.32 Å². The van der Waals surface area contributed by atoms with Crippen molar-refractivity contribution in [1.29, 1.82) is 0 Å². The van der Waals surface area contributed by atoms with Crippen LogP contribution >= 0.6 is 15.9 Å². The average Bonchev–Trinajstić information content (AvgIpc) is 1.96. The summed E-state index contributed by atoms with van der Waals surface area (Å²) >= 11 is 3.29. The van der Waals surface area contributed by atoms with Gasteiger partial charge in [0.05, 0.1) is 0 Å². The molecule has 0 aliphatic rings. The minimum absolute atomic E-state index is 0.501. The van der Waals surface area contributed by atoms with Crippen LogP contribution in [0.15, 0.2) is 22.7 Å². The molecule has 0 fully saturated rings. The number of nitrogens with one attached hydrogen (secondary N) is 1. The van der Waals surface area contributed by atoms with Crippen LogP contribution in [-0.2, 0) is 14.6 Å². The molecule has 4 nitrogen and oxygen atoms in total. The van der Waals surface area contributed by atoms with Crippen LogP contribution in [0.25, 0.3) is 0 Å². The number of sulfone groups is 1. The van der Waals surface area contributed by atoms with Crippen molar-refractivity contribution in [3.63, 3.8) is 0 Å². The number of carbonyl (C=O) groups excluding carboxylic acids is 1. The van der Waals surface area contributed by atoms with E-state index in [2.05, 4.69) is 21.2 Å². The lowest BCUT2D eigenvalue weighted by molar-refractivity contribution is -0.113. The Morgan fingerprint density at radius 1 is 1.38 bits per heavy atom. The van der Waals surface area contributed by atoms with Crippen LogP contribution in [0.1, 0.15) is 5.56 Å². The van der Waals surface area contributed by atoms with Crippen molar-refractivity contribution in [2.24, 2.45) is 0 Å². The van der Waals surface area contributed by atoms with Crippen molar-refractivity contribution in [2.75, 3.05) is 17.3 Å². The maximum Gasteiger partial charge on any atom is 0.239 e. The summed E-state index contributed by atoms with van der Waals surface area (Å²) in [6.45, 7) is 1.89. The summed E-state index contributed by atoms with van der Waals surface area (Å²) in [5.41, 5.74) is 1.56. The molecule has 1 aromatic rings. The van der Waals surface area contributed by atoms with Crippen LogP contribution in [0.5, 0.6) is 0 Å². The van der Waals surface area contributed by atoms with Gasteiger partial charge in [-0.05, 0) is 30.7 Å². The highest BCUT2D eigenvalue weighted by molar-refractivity contribution is 9.10. The maximum atomic E-state index is 11.3. The largest absolute Gasteiger partial charge is 0.325 e. The first kappa shape index (κ1) is 13.2. The van der Waals surface area contributed by atoms with Crippen LogP contribution in [0.3, 0.4) is 0 Å². The van der Waals surface area contributed by atoms with E-state index in [1.165, 1.54) is 0 Å². The van der Waals surface area contributed by atoms with Crippen LogP contribution in [-0.4, -0.2) is 26.3 Å². The highest BCUT2D eigenvalue weighted by Gasteiger charge is 2.11. The molecule has 1 aromatic carbocycles. The Kier molecular flexibility index (Phi) is 4.09. The third-order valence-electron chi connectivity index (χ3n) is 1.72. The van der Waals surface area contributed by atoms with Crippen LogP contribution in [0.2, 0.25) is 0 Å². The van der Waals surface area contributed by atoms with Gasteiger partial charge >= 0.3 is 0 Å². The number of benzene rings is 1. The molecule has 0 atom stereocenters. The lowest BCUT2D eigenvalue weighted by Crippen LogP contribution is -2.21. The van der Waals surface area contributed by atoms with Gasteiger partial charge in [-0.15, -0.1) is 0 Å². The van der Waals surface area contributed by atoms with Gasteiger partial charge in [-0.3, -0.25) is 4.79 Å².